The second-order valence-corrected chi connectivity index (χ2v) is 4.31. The molecule has 0 radical (unpaired) electrons. The van der Waals surface area contributed by atoms with E-state index in [9.17, 15) is 0 Å². The van der Waals surface area contributed by atoms with Gasteiger partial charge in [0.05, 0.1) is 12.5 Å². The molecule has 0 aliphatic rings. The zero-order valence-corrected chi connectivity index (χ0v) is 10.2. The molecule has 0 aliphatic heterocycles. The average molecular weight is 221 g/mol. The van der Waals surface area contributed by atoms with Crippen LogP contribution < -0.4 is 0 Å². The fraction of sp³-hybridized carbons (Fsp3) is 0.188. The minimum atomic E-state index is 0.462. The molecule has 2 rings (SSSR count). The lowest BCUT2D eigenvalue weighted by molar-refractivity contribution is 1.26. The molecule has 17 heavy (non-hydrogen) atoms. The molecular weight excluding hydrogens is 206 g/mol. The number of nitriles is 1. The number of aryl methyl sites for hydroxylation is 2. The van der Waals surface area contributed by atoms with Crippen molar-refractivity contribution < 1.29 is 0 Å². The van der Waals surface area contributed by atoms with Gasteiger partial charge in [-0.1, -0.05) is 48.0 Å². The molecule has 0 bridgehead atoms. The summed E-state index contributed by atoms with van der Waals surface area (Å²) in [4.78, 5) is 0. The minimum Gasteiger partial charge on any atom is -0.198 e. The zero-order valence-electron chi connectivity index (χ0n) is 10.2. The first kappa shape index (κ1) is 11.4. The van der Waals surface area contributed by atoms with Crippen molar-refractivity contribution in [2.45, 2.75) is 20.3 Å². The van der Waals surface area contributed by atoms with Crippen LogP contribution in [0.15, 0.2) is 42.5 Å². The molecule has 0 aromatic heterocycles. The van der Waals surface area contributed by atoms with Crippen molar-refractivity contribution in [1.29, 1.82) is 5.26 Å². The summed E-state index contributed by atoms with van der Waals surface area (Å²) in [5.41, 5.74) is 6.01. The van der Waals surface area contributed by atoms with Crippen molar-refractivity contribution in [1.82, 2.24) is 0 Å². The van der Waals surface area contributed by atoms with Crippen LogP contribution in [0, 0.1) is 25.2 Å². The maximum atomic E-state index is 8.86. The number of hydrogen-bond acceptors (Lipinski definition) is 1. The molecule has 0 atom stereocenters. The highest BCUT2D eigenvalue weighted by atomic mass is 14.2. The summed E-state index contributed by atoms with van der Waals surface area (Å²) in [6.07, 6.45) is 0.462. The van der Waals surface area contributed by atoms with Gasteiger partial charge in [-0.25, -0.2) is 0 Å². The highest BCUT2D eigenvalue weighted by molar-refractivity contribution is 5.71. The third-order valence-corrected chi connectivity index (χ3v) is 2.97. The first-order valence-electron chi connectivity index (χ1n) is 5.75. The van der Waals surface area contributed by atoms with Crippen LogP contribution in [0.3, 0.4) is 0 Å². The molecule has 0 unspecified atom stereocenters. The summed E-state index contributed by atoms with van der Waals surface area (Å²) >= 11 is 0. The van der Waals surface area contributed by atoms with Gasteiger partial charge in [0.25, 0.3) is 0 Å². The quantitative estimate of drug-likeness (QED) is 0.751. The smallest absolute Gasteiger partial charge is 0.0669 e. The maximum Gasteiger partial charge on any atom is 0.0669 e. The Morgan fingerprint density at radius 2 is 1.76 bits per heavy atom. The average Bonchev–Trinajstić information content (AvgIpc) is 2.34. The van der Waals surface area contributed by atoms with Gasteiger partial charge in [-0.3, -0.25) is 0 Å². The lowest BCUT2D eigenvalue weighted by atomic mass is 9.93. The summed E-state index contributed by atoms with van der Waals surface area (Å²) in [7, 11) is 0. The highest BCUT2D eigenvalue weighted by Crippen LogP contribution is 2.27. The summed E-state index contributed by atoms with van der Waals surface area (Å²) in [5.74, 6) is 0. The van der Waals surface area contributed by atoms with Gasteiger partial charge in [-0.2, -0.15) is 5.26 Å². The monoisotopic (exact) mass is 221 g/mol. The molecule has 0 saturated heterocycles. The molecule has 2 aromatic carbocycles. The Morgan fingerprint density at radius 3 is 2.53 bits per heavy atom. The molecule has 0 N–H and O–H groups in total. The molecule has 0 fully saturated rings. The lowest BCUT2D eigenvalue weighted by Gasteiger charge is -2.11. The van der Waals surface area contributed by atoms with Crippen LogP contribution >= 0.6 is 0 Å². The zero-order chi connectivity index (χ0) is 12.3. The Morgan fingerprint density at radius 1 is 1.00 bits per heavy atom. The van der Waals surface area contributed by atoms with Crippen molar-refractivity contribution in [3.8, 4) is 17.2 Å². The third-order valence-electron chi connectivity index (χ3n) is 2.97. The summed E-state index contributed by atoms with van der Waals surface area (Å²) in [6.45, 7) is 4.20. The van der Waals surface area contributed by atoms with Crippen molar-refractivity contribution in [3.63, 3.8) is 0 Å². The molecule has 0 spiro atoms. The van der Waals surface area contributed by atoms with Crippen molar-refractivity contribution in [2.75, 3.05) is 0 Å². The first-order valence-corrected chi connectivity index (χ1v) is 5.75. The van der Waals surface area contributed by atoms with Crippen LogP contribution in [0.5, 0.6) is 0 Å². The standard InChI is InChI=1S/C16H15N/c1-12-7-8-13(2)16(11-12)15-6-4-3-5-14(15)9-10-17/h3-8,11H,9H2,1-2H3. The summed E-state index contributed by atoms with van der Waals surface area (Å²) < 4.78 is 0. The third kappa shape index (κ3) is 2.37. The predicted molar refractivity (Wildman–Crippen MR) is 70.7 cm³/mol. The predicted octanol–water partition coefficient (Wildman–Crippen LogP) is 4.04. The molecule has 1 heteroatoms. The van der Waals surface area contributed by atoms with Crippen LogP contribution in [0.1, 0.15) is 16.7 Å². The summed E-state index contributed by atoms with van der Waals surface area (Å²) in [6, 6.07) is 16.8. The number of hydrogen-bond donors (Lipinski definition) is 0. The molecule has 0 saturated carbocycles. The van der Waals surface area contributed by atoms with Gasteiger partial charge in [-0.05, 0) is 36.1 Å². The van der Waals surface area contributed by atoms with E-state index in [1.165, 1.54) is 22.3 Å². The van der Waals surface area contributed by atoms with E-state index in [4.69, 9.17) is 5.26 Å². The second-order valence-electron chi connectivity index (χ2n) is 4.31. The molecule has 2 aromatic rings. The van der Waals surface area contributed by atoms with Gasteiger partial charge in [0.15, 0.2) is 0 Å². The fourth-order valence-corrected chi connectivity index (χ4v) is 2.05. The van der Waals surface area contributed by atoms with E-state index in [0.717, 1.165) is 5.56 Å². The van der Waals surface area contributed by atoms with Crippen LogP contribution in [0.4, 0.5) is 0 Å². The Kier molecular flexibility index (Phi) is 3.25. The highest BCUT2D eigenvalue weighted by Gasteiger charge is 2.06. The van der Waals surface area contributed by atoms with Gasteiger partial charge in [-0.15, -0.1) is 0 Å². The first-order chi connectivity index (χ1) is 8.22. The SMILES string of the molecule is Cc1ccc(C)c(-c2ccccc2CC#N)c1. The van der Waals surface area contributed by atoms with Crippen LogP contribution in [-0.4, -0.2) is 0 Å². The second kappa shape index (κ2) is 4.84. The van der Waals surface area contributed by atoms with Crippen molar-refractivity contribution in [3.05, 3.63) is 59.2 Å². The molecule has 0 aliphatic carbocycles. The molecule has 1 nitrogen and oxygen atoms in total. The molecule has 84 valence electrons. The van der Waals surface area contributed by atoms with Gasteiger partial charge in [0.1, 0.15) is 0 Å². The number of rotatable bonds is 2. The van der Waals surface area contributed by atoms with Crippen molar-refractivity contribution >= 4 is 0 Å². The van der Waals surface area contributed by atoms with E-state index in [2.05, 4.69) is 44.2 Å². The van der Waals surface area contributed by atoms with Crippen LogP contribution in [-0.2, 0) is 6.42 Å². The van der Waals surface area contributed by atoms with Gasteiger partial charge < -0.3 is 0 Å². The normalized spacial score (nSPS) is 9.94. The number of nitrogens with zero attached hydrogens (tertiary/aromatic N) is 1. The Bertz CT molecular complexity index is 576. The van der Waals surface area contributed by atoms with Crippen LogP contribution in [0.25, 0.3) is 11.1 Å². The molecule has 0 amide bonds. The van der Waals surface area contributed by atoms with E-state index < -0.39 is 0 Å². The van der Waals surface area contributed by atoms with Crippen LogP contribution in [0.2, 0.25) is 0 Å². The fourth-order valence-electron chi connectivity index (χ4n) is 2.05. The maximum absolute atomic E-state index is 8.86. The minimum absolute atomic E-state index is 0.462. The Labute approximate surface area is 102 Å². The van der Waals surface area contributed by atoms with E-state index in [1.54, 1.807) is 0 Å². The molecular formula is C16H15N. The Balaban J connectivity index is 2.60. The van der Waals surface area contributed by atoms with E-state index in [0.29, 0.717) is 6.42 Å². The number of benzene rings is 2. The van der Waals surface area contributed by atoms with Gasteiger partial charge in [0.2, 0.25) is 0 Å². The van der Waals surface area contributed by atoms with Crippen molar-refractivity contribution in [2.24, 2.45) is 0 Å². The largest absolute Gasteiger partial charge is 0.198 e. The van der Waals surface area contributed by atoms with E-state index in [-0.39, 0.29) is 0 Å². The van der Waals surface area contributed by atoms with Gasteiger partial charge in [0, 0.05) is 0 Å². The Hall–Kier alpha value is -2.07. The van der Waals surface area contributed by atoms with E-state index in [1.807, 2.05) is 18.2 Å². The topological polar surface area (TPSA) is 23.8 Å². The van der Waals surface area contributed by atoms with Gasteiger partial charge >= 0.3 is 0 Å². The molecule has 0 heterocycles. The summed E-state index contributed by atoms with van der Waals surface area (Å²) in [5, 5.41) is 8.86. The lowest BCUT2D eigenvalue weighted by Crippen LogP contribution is -1.91. The van der Waals surface area contributed by atoms with E-state index >= 15 is 0 Å².